The molecule has 1 rings (SSSR count). The summed E-state index contributed by atoms with van der Waals surface area (Å²) in [6.07, 6.45) is 1.31. The number of para-hydroxylation sites is 1. The van der Waals surface area contributed by atoms with Crippen molar-refractivity contribution in [3.8, 4) is 5.75 Å². The highest BCUT2D eigenvalue weighted by Gasteiger charge is 2.06. The van der Waals surface area contributed by atoms with Crippen LogP contribution < -0.4 is 4.74 Å². The fraction of sp³-hybridized carbons (Fsp3) is 0.333. The molecule has 0 atom stereocenters. The number of benzene rings is 1. The first-order valence-corrected chi connectivity index (χ1v) is 6.23. The van der Waals surface area contributed by atoms with Crippen molar-refractivity contribution in [2.24, 2.45) is 0 Å². The first-order valence-electron chi connectivity index (χ1n) is 6.23. The van der Waals surface area contributed by atoms with Gasteiger partial charge in [-0.15, -0.1) is 0 Å². The van der Waals surface area contributed by atoms with Crippen LogP contribution in [0.3, 0.4) is 0 Å². The van der Waals surface area contributed by atoms with Gasteiger partial charge in [-0.2, -0.15) is 0 Å². The standard InChI is InChI=1S/C15H18O5/c1-12(2)10-14(16)20-11-15(17)19-9-8-18-13-6-4-3-5-7-13/h3-7,10H,8-9,11H2,1-2H3. The second kappa shape index (κ2) is 8.74. The molecule has 5 heteroatoms. The minimum Gasteiger partial charge on any atom is -0.490 e. The zero-order valence-electron chi connectivity index (χ0n) is 11.6. The number of ether oxygens (including phenoxy) is 3. The lowest BCUT2D eigenvalue weighted by Crippen LogP contribution is -2.18. The van der Waals surface area contributed by atoms with Crippen LogP contribution in [0.4, 0.5) is 0 Å². The van der Waals surface area contributed by atoms with Crippen LogP contribution in [0.2, 0.25) is 0 Å². The molecule has 0 saturated heterocycles. The third-order valence-corrected chi connectivity index (χ3v) is 2.10. The van der Waals surface area contributed by atoms with E-state index in [2.05, 4.69) is 0 Å². The van der Waals surface area contributed by atoms with Crippen LogP contribution in [-0.2, 0) is 19.1 Å². The quantitative estimate of drug-likeness (QED) is 0.434. The van der Waals surface area contributed by atoms with Gasteiger partial charge < -0.3 is 14.2 Å². The van der Waals surface area contributed by atoms with Gasteiger partial charge in [-0.3, -0.25) is 0 Å². The van der Waals surface area contributed by atoms with E-state index in [1.807, 2.05) is 30.3 Å². The Morgan fingerprint density at radius 3 is 2.40 bits per heavy atom. The topological polar surface area (TPSA) is 61.8 Å². The van der Waals surface area contributed by atoms with E-state index in [1.165, 1.54) is 6.08 Å². The Labute approximate surface area is 118 Å². The second-order valence-electron chi connectivity index (χ2n) is 4.21. The van der Waals surface area contributed by atoms with Crippen molar-refractivity contribution in [3.63, 3.8) is 0 Å². The van der Waals surface area contributed by atoms with Gasteiger partial charge in [0.25, 0.3) is 0 Å². The van der Waals surface area contributed by atoms with Crippen LogP contribution in [0.15, 0.2) is 42.0 Å². The normalized spacial score (nSPS) is 9.50. The molecule has 0 radical (unpaired) electrons. The van der Waals surface area contributed by atoms with Crippen LogP contribution in [0.25, 0.3) is 0 Å². The molecule has 0 spiro atoms. The second-order valence-corrected chi connectivity index (χ2v) is 4.21. The van der Waals surface area contributed by atoms with Gasteiger partial charge in [0.2, 0.25) is 0 Å². The van der Waals surface area contributed by atoms with E-state index >= 15 is 0 Å². The maximum absolute atomic E-state index is 11.3. The zero-order valence-corrected chi connectivity index (χ0v) is 11.6. The van der Waals surface area contributed by atoms with Crippen molar-refractivity contribution in [1.29, 1.82) is 0 Å². The van der Waals surface area contributed by atoms with Gasteiger partial charge in [0.05, 0.1) is 0 Å². The molecule has 0 heterocycles. The highest BCUT2D eigenvalue weighted by atomic mass is 16.6. The number of allylic oxidation sites excluding steroid dienone is 1. The summed E-state index contributed by atoms with van der Waals surface area (Å²) in [5, 5.41) is 0. The van der Waals surface area contributed by atoms with Gasteiger partial charge >= 0.3 is 11.9 Å². The van der Waals surface area contributed by atoms with E-state index in [-0.39, 0.29) is 13.2 Å². The van der Waals surface area contributed by atoms with E-state index in [0.717, 1.165) is 5.57 Å². The van der Waals surface area contributed by atoms with Gasteiger partial charge in [0, 0.05) is 6.08 Å². The summed E-state index contributed by atoms with van der Waals surface area (Å²) in [7, 11) is 0. The lowest BCUT2D eigenvalue weighted by molar-refractivity contribution is -0.156. The number of rotatable bonds is 7. The van der Waals surface area contributed by atoms with E-state index in [9.17, 15) is 9.59 Å². The predicted molar refractivity (Wildman–Crippen MR) is 73.3 cm³/mol. The molecule has 0 N–H and O–H groups in total. The molecule has 0 saturated carbocycles. The summed E-state index contributed by atoms with van der Waals surface area (Å²) in [5.41, 5.74) is 0.805. The van der Waals surface area contributed by atoms with Crippen molar-refractivity contribution in [2.45, 2.75) is 13.8 Å². The van der Waals surface area contributed by atoms with Crippen LogP contribution in [0, 0.1) is 0 Å². The molecular weight excluding hydrogens is 260 g/mol. The average Bonchev–Trinajstić information content (AvgIpc) is 2.42. The maximum atomic E-state index is 11.3. The highest BCUT2D eigenvalue weighted by Crippen LogP contribution is 2.07. The van der Waals surface area contributed by atoms with Gasteiger partial charge in [0.1, 0.15) is 19.0 Å². The van der Waals surface area contributed by atoms with Crippen molar-refractivity contribution < 1.29 is 23.8 Å². The fourth-order valence-corrected chi connectivity index (χ4v) is 1.28. The molecule has 0 aliphatic carbocycles. The average molecular weight is 278 g/mol. The number of esters is 2. The first kappa shape index (κ1) is 15.8. The van der Waals surface area contributed by atoms with Crippen molar-refractivity contribution in [1.82, 2.24) is 0 Å². The summed E-state index contributed by atoms with van der Waals surface area (Å²) in [6.45, 7) is 3.49. The molecule has 5 nitrogen and oxygen atoms in total. The van der Waals surface area contributed by atoms with Gasteiger partial charge in [-0.05, 0) is 26.0 Å². The summed E-state index contributed by atoms with van der Waals surface area (Å²) >= 11 is 0. The van der Waals surface area contributed by atoms with Crippen LogP contribution in [0.1, 0.15) is 13.8 Å². The van der Waals surface area contributed by atoms with Gasteiger partial charge in [0.15, 0.2) is 6.61 Å². The van der Waals surface area contributed by atoms with Gasteiger partial charge in [-0.1, -0.05) is 23.8 Å². The Morgan fingerprint density at radius 2 is 1.75 bits per heavy atom. The monoisotopic (exact) mass is 278 g/mol. The Bertz CT molecular complexity index is 460. The Hall–Kier alpha value is -2.30. The number of carbonyl (C=O) groups excluding carboxylic acids is 2. The predicted octanol–water partition coefficient (Wildman–Crippen LogP) is 2.12. The van der Waals surface area contributed by atoms with Gasteiger partial charge in [-0.25, -0.2) is 9.59 Å². The summed E-state index contributed by atoms with van der Waals surface area (Å²) in [6, 6.07) is 9.20. The Kier molecular flexibility index (Phi) is 6.89. The largest absolute Gasteiger partial charge is 0.490 e. The highest BCUT2D eigenvalue weighted by molar-refractivity contribution is 5.84. The van der Waals surface area contributed by atoms with E-state index < -0.39 is 18.5 Å². The zero-order chi connectivity index (χ0) is 14.8. The third-order valence-electron chi connectivity index (χ3n) is 2.10. The molecule has 1 aromatic carbocycles. The van der Waals surface area contributed by atoms with Crippen LogP contribution in [0.5, 0.6) is 5.75 Å². The Balaban J connectivity index is 2.12. The summed E-state index contributed by atoms with van der Waals surface area (Å²) < 4.78 is 14.9. The molecule has 108 valence electrons. The third kappa shape index (κ3) is 7.20. The lowest BCUT2D eigenvalue weighted by Gasteiger charge is -2.07. The van der Waals surface area contributed by atoms with Crippen molar-refractivity contribution in [2.75, 3.05) is 19.8 Å². The summed E-state index contributed by atoms with van der Waals surface area (Å²) in [5.74, 6) is -0.446. The number of hydrogen-bond donors (Lipinski definition) is 0. The minimum atomic E-state index is -0.600. The van der Waals surface area contributed by atoms with Crippen LogP contribution in [-0.4, -0.2) is 31.8 Å². The molecule has 0 aliphatic heterocycles. The molecular formula is C15H18O5. The van der Waals surface area contributed by atoms with E-state index in [4.69, 9.17) is 14.2 Å². The van der Waals surface area contributed by atoms with E-state index in [0.29, 0.717) is 5.75 Å². The van der Waals surface area contributed by atoms with Crippen molar-refractivity contribution >= 4 is 11.9 Å². The lowest BCUT2D eigenvalue weighted by atomic mass is 10.3. The van der Waals surface area contributed by atoms with E-state index in [1.54, 1.807) is 13.8 Å². The number of hydrogen-bond acceptors (Lipinski definition) is 5. The maximum Gasteiger partial charge on any atom is 0.344 e. The smallest absolute Gasteiger partial charge is 0.344 e. The first-order chi connectivity index (χ1) is 9.58. The summed E-state index contributed by atoms with van der Waals surface area (Å²) in [4.78, 5) is 22.4. The fourth-order valence-electron chi connectivity index (χ4n) is 1.28. The molecule has 0 aliphatic rings. The molecule has 0 unspecified atom stereocenters. The van der Waals surface area contributed by atoms with Crippen LogP contribution >= 0.6 is 0 Å². The SMILES string of the molecule is CC(C)=CC(=O)OCC(=O)OCCOc1ccccc1. The molecule has 0 amide bonds. The molecule has 1 aromatic rings. The molecule has 0 fully saturated rings. The molecule has 0 bridgehead atoms. The number of carbonyl (C=O) groups is 2. The molecule has 20 heavy (non-hydrogen) atoms. The Morgan fingerprint density at radius 1 is 1.05 bits per heavy atom. The molecule has 0 aromatic heterocycles. The van der Waals surface area contributed by atoms with Crippen molar-refractivity contribution in [3.05, 3.63) is 42.0 Å². The minimum absolute atomic E-state index is 0.105.